The first-order valence-corrected chi connectivity index (χ1v) is 22.7. The third-order valence-corrected chi connectivity index (χ3v) is 16.4. The maximum atomic E-state index is 12.5. The maximum absolute atomic E-state index is 12.5. The number of allylic oxidation sites excluding steroid dienone is 8. The summed E-state index contributed by atoms with van der Waals surface area (Å²) < 4.78 is 19.0. The van der Waals surface area contributed by atoms with Crippen LogP contribution in [0.15, 0.2) is 102 Å². The van der Waals surface area contributed by atoms with Crippen LogP contribution in [0.4, 0.5) is 5.69 Å². The first kappa shape index (κ1) is 40.8. The Morgan fingerprint density at radius 1 is 0.409 bits per heavy atom. The van der Waals surface area contributed by atoms with Crippen molar-refractivity contribution in [3.05, 3.63) is 102 Å². The molecule has 8 aliphatic carbocycles. The number of fused-ring (bicyclic) bond motifs is 24. The highest BCUT2D eigenvalue weighted by Gasteiger charge is 2.62. The normalized spacial score (nSPS) is 42.9. The fourth-order valence-corrected chi connectivity index (χ4v) is 13.6. The fraction of sp³-hybridized carbons (Fsp3) is 0.440. The zero-order valence-corrected chi connectivity index (χ0v) is 35.0. The number of esters is 6. The topological polar surface area (TPSA) is 223 Å². The van der Waals surface area contributed by atoms with Crippen molar-refractivity contribution in [1.29, 1.82) is 0 Å². The van der Waals surface area contributed by atoms with Crippen LogP contribution in [0, 0.1) is 94.7 Å². The summed E-state index contributed by atoms with van der Waals surface area (Å²) in [5.74, 6) is -1.63. The average molecular weight is 895 g/mol. The summed E-state index contributed by atoms with van der Waals surface area (Å²) in [7, 11) is 0. The first-order valence-electron chi connectivity index (χ1n) is 22.7. The molecule has 3 saturated carbocycles. The molecule has 336 valence electrons. The summed E-state index contributed by atoms with van der Waals surface area (Å²) in [6.45, 7) is 0. The van der Waals surface area contributed by atoms with Crippen LogP contribution < -0.4 is 10.2 Å². The lowest BCUT2D eigenvalue weighted by Crippen LogP contribution is -2.32. The zero-order valence-electron chi connectivity index (χ0n) is 35.0. The van der Waals surface area contributed by atoms with E-state index in [1.165, 1.54) is 4.90 Å². The molecule has 0 radical (unpaired) electrons. The lowest BCUT2D eigenvalue weighted by molar-refractivity contribution is -0.157. The number of hydrogen-bond acceptors (Lipinski definition) is 14. The number of anilines is 1. The Morgan fingerprint density at radius 3 is 1.24 bits per heavy atom. The van der Waals surface area contributed by atoms with E-state index < -0.39 is 23.9 Å². The lowest BCUT2D eigenvalue weighted by atomic mass is 9.85. The van der Waals surface area contributed by atoms with Crippen molar-refractivity contribution in [3.8, 4) is 0 Å². The highest BCUT2D eigenvalue weighted by molar-refractivity contribution is 6.23. The molecule has 1 aromatic carbocycles. The van der Waals surface area contributed by atoms with Crippen molar-refractivity contribution in [2.45, 2.75) is 37.9 Å². The second-order valence-electron chi connectivity index (χ2n) is 19.5. The molecular weight excluding hydrogens is 853 g/mol. The molecule has 16 nitrogen and oxygen atoms in total. The molecule has 16 rings (SSSR count). The van der Waals surface area contributed by atoms with Gasteiger partial charge in [-0.3, -0.25) is 48.6 Å². The first-order chi connectivity index (χ1) is 31.9. The largest absolute Gasteiger partial charge is 0.393 e. The molecule has 8 fully saturated rings. The Bertz CT molecular complexity index is 2380. The molecule has 18 atom stereocenters. The highest BCUT2D eigenvalue weighted by atomic mass is 16.6. The Hall–Kier alpha value is -6.68. The van der Waals surface area contributed by atoms with Crippen molar-refractivity contribution in [2.24, 2.45) is 94.7 Å². The molecule has 4 amide bonds. The molecule has 10 bridgehead atoms. The summed E-state index contributed by atoms with van der Waals surface area (Å²) in [6, 6.07) is 9.26. The number of amides is 4. The van der Waals surface area contributed by atoms with Crippen molar-refractivity contribution in [3.63, 3.8) is 0 Å². The van der Waals surface area contributed by atoms with Gasteiger partial charge in [0.25, 0.3) is 0 Å². The standard InChI is InChI=1S/C15H13NO2.C9H9NO2.C9H8O3.C9H6O3.C8H6O4/c17-14-12-9-6-7-10(8-9)13(12)15(18)16(14)11-4-2-1-3-5-11;11-8-6-4-1-2-5(3-4)7(6)9(12)10-8;2*10-8-6-4-1-2-5(3-4)7(6)9(11)12-8;9-7-5-3-1-2-4(11-3)6(5)8(10)12-7/h1-7,9-10,12-13H,8H2;1-2,4-7H,3H2,(H,10,11,12);1-2,4-7H,3H2;1-2,4-5H,3H2;1-6H. The Balaban J connectivity index is 0.0000000873. The second-order valence-corrected chi connectivity index (χ2v) is 19.5. The van der Waals surface area contributed by atoms with Crippen LogP contribution in [0.5, 0.6) is 0 Å². The summed E-state index contributed by atoms with van der Waals surface area (Å²) in [5, 5.41) is 2.40. The number of ether oxygens (including phenoxy) is 4. The smallest absolute Gasteiger partial charge is 0.343 e. The minimum atomic E-state index is -0.429. The molecule has 1 aromatic rings. The van der Waals surface area contributed by atoms with Crippen molar-refractivity contribution < 1.29 is 66.9 Å². The molecule has 18 unspecified atom stereocenters. The van der Waals surface area contributed by atoms with E-state index in [0.717, 1.165) is 25.7 Å². The van der Waals surface area contributed by atoms with Crippen LogP contribution in [0.1, 0.15) is 25.7 Å². The molecule has 66 heavy (non-hydrogen) atoms. The fourth-order valence-electron chi connectivity index (χ4n) is 13.6. The van der Waals surface area contributed by atoms with E-state index in [1.807, 2.05) is 66.8 Å². The summed E-state index contributed by atoms with van der Waals surface area (Å²) >= 11 is 0. The monoisotopic (exact) mass is 894 g/mol. The maximum Gasteiger partial charge on any atom is 0.343 e. The molecule has 16 heteroatoms. The van der Waals surface area contributed by atoms with Gasteiger partial charge >= 0.3 is 35.8 Å². The molecule has 15 aliphatic rings. The number of rotatable bonds is 1. The van der Waals surface area contributed by atoms with Crippen LogP contribution in [-0.4, -0.2) is 71.7 Å². The van der Waals surface area contributed by atoms with Crippen LogP contribution in [0.25, 0.3) is 0 Å². The molecule has 7 aliphatic heterocycles. The van der Waals surface area contributed by atoms with E-state index in [0.29, 0.717) is 28.7 Å². The second kappa shape index (κ2) is 14.9. The number of nitrogens with one attached hydrogen (secondary N) is 1. The minimum absolute atomic E-state index is 0.00644. The van der Waals surface area contributed by atoms with Crippen LogP contribution in [0.2, 0.25) is 0 Å². The Morgan fingerprint density at radius 2 is 0.803 bits per heavy atom. The van der Waals surface area contributed by atoms with Crippen LogP contribution in [0.3, 0.4) is 0 Å². The van der Waals surface area contributed by atoms with Crippen LogP contribution >= 0.6 is 0 Å². The van der Waals surface area contributed by atoms with Gasteiger partial charge in [-0.25, -0.2) is 9.59 Å². The number of carbonyl (C=O) groups is 10. The minimum Gasteiger partial charge on any atom is -0.393 e. The zero-order chi connectivity index (χ0) is 45.4. The predicted octanol–water partition coefficient (Wildman–Crippen LogP) is 2.80. The third-order valence-electron chi connectivity index (χ3n) is 16.4. The number of nitrogens with zero attached hydrogens (tertiary/aromatic N) is 1. The third kappa shape index (κ3) is 5.98. The van der Waals surface area contributed by atoms with E-state index in [4.69, 9.17) is 4.74 Å². The van der Waals surface area contributed by atoms with E-state index in [-0.39, 0.29) is 131 Å². The quantitative estimate of drug-likeness (QED) is 0.141. The SMILES string of the molecule is O=C1C2C3C=CC(C3)C2C(=O)N1c1ccccc1.O=C1NC(=O)C2C3C=CC(C3)C12.O=C1OC(=O)C2=C1C1C=CC2C1.O=C1OC(=O)C2C3C=CC(C3)C12.O=C1OC(=O)C2C3C=CC(O3)C12. The van der Waals surface area contributed by atoms with Crippen molar-refractivity contribution >= 4 is 65.1 Å². The van der Waals surface area contributed by atoms with Crippen molar-refractivity contribution in [2.75, 3.05) is 4.90 Å². The number of hydrogen-bond donors (Lipinski definition) is 1. The van der Waals surface area contributed by atoms with Gasteiger partial charge in [0.2, 0.25) is 23.6 Å². The number of cyclic esters (lactones) is 6. The van der Waals surface area contributed by atoms with E-state index in [9.17, 15) is 47.9 Å². The van der Waals surface area contributed by atoms with Gasteiger partial charge in [0, 0.05) is 11.8 Å². The molecule has 1 N–H and O–H groups in total. The van der Waals surface area contributed by atoms with Gasteiger partial charge in [-0.15, -0.1) is 0 Å². The number of carbonyl (C=O) groups excluding carboxylic acids is 10. The van der Waals surface area contributed by atoms with E-state index in [2.05, 4.69) is 43.8 Å². The predicted molar refractivity (Wildman–Crippen MR) is 221 cm³/mol. The molecule has 0 aromatic heterocycles. The average Bonchev–Trinajstić information content (AvgIpc) is 4.12. The molecule has 5 saturated heterocycles. The van der Waals surface area contributed by atoms with Gasteiger partial charge < -0.3 is 18.9 Å². The summed E-state index contributed by atoms with van der Waals surface area (Å²) in [4.78, 5) is 116. The van der Waals surface area contributed by atoms with Gasteiger partial charge in [-0.1, -0.05) is 79.0 Å². The molecule has 7 heterocycles. The van der Waals surface area contributed by atoms with Crippen molar-refractivity contribution in [1.82, 2.24) is 5.32 Å². The van der Waals surface area contributed by atoms with E-state index >= 15 is 0 Å². The van der Waals surface area contributed by atoms with Gasteiger partial charge in [0.05, 0.1) is 64.5 Å². The highest BCUT2D eigenvalue weighted by Crippen LogP contribution is 2.54. The Labute approximate surface area is 376 Å². The Kier molecular flexibility index (Phi) is 9.22. The number of para-hydroxylation sites is 1. The van der Waals surface area contributed by atoms with Gasteiger partial charge in [-0.2, -0.15) is 0 Å². The molecular formula is C50H42N2O14. The number of benzene rings is 1. The lowest BCUT2D eigenvalue weighted by Gasteiger charge is -2.16. The van der Waals surface area contributed by atoms with Gasteiger partial charge in [0.1, 0.15) is 11.8 Å². The van der Waals surface area contributed by atoms with Gasteiger partial charge in [-0.05, 0) is 73.3 Å². The number of imide groups is 2. The van der Waals surface area contributed by atoms with E-state index in [1.54, 1.807) is 0 Å². The summed E-state index contributed by atoms with van der Waals surface area (Å²) in [5.41, 5.74) is 1.95. The van der Waals surface area contributed by atoms with Crippen LogP contribution in [-0.2, 0) is 66.9 Å². The molecule has 0 spiro atoms. The summed E-state index contributed by atoms with van der Waals surface area (Å²) in [6.07, 6.45) is 23.5. The van der Waals surface area contributed by atoms with Gasteiger partial charge in [0.15, 0.2) is 0 Å².